The molecule has 0 spiro atoms. The van der Waals surface area contributed by atoms with Crippen LogP contribution in [-0.2, 0) is 0 Å². The van der Waals surface area contributed by atoms with Crippen molar-refractivity contribution in [2.45, 2.75) is 67.2 Å². The number of rotatable bonds is 8. The van der Waals surface area contributed by atoms with Gasteiger partial charge in [-0.1, -0.05) is 66.9 Å². The van der Waals surface area contributed by atoms with Crippen molar-refractivity contribution in [3.8, 4) is 0 Å². The lowest BCUT2D eigenvalue weighted by molar-refractivity contribution is 0.468. The van der Waals surface area contributed by atoms with Crippen LogP contribution in [0.4, 0.5) is 0 Å². The Hall–Kier alpha value is -0.740. The van der Waals surface area contributed by atoms with Crippen LogP contribution in [0.25, 0.3) is 0 Å². The minimum Gasteiger partial charge on any atom is -0.125 e. The molecule has 0 bridgehead atoms. The maximum atomic E-state index is 3.32. The molecule has 0 nitrogen and oxygen atoms in total. The van der Waals surface area contributed by atoms with Crippen molar-refractivity contribution in [2.75, 3.05) is 0 Å². The Morgan fingerprint density at radius 3 is 2.22 bits per heavy atom. The van der Waals surface area contributed by atoms with Crippen LogP contribution in [0, 0.1) is 17.8 Å². The summed E-state index contributed by atoms with van der Waals surface area (Å²) in [6, 6.07) is 0. The second-order valence-corrected chi connectivity index (χ2v) is 5.88. The molecule has 0 aromatic rings. The fraction of sp³-hybridized carbons (Fsp3) is 0.722. The molecule has 0 aliphatic carbocycles. The van der Waals surface area contributed by atoms with Crippen molar-refractivity contribution < 1.29 is 0 Å². The predicted molar refractivity (Wildman–Crippen MR) is 83.7 cm³/mol. The van der Waals surface area contributed by atoms with E-state index in [1.807, 2.05) is 0 Å². The van der Waals surface area contributed by atoms with Crippen LogP contribution in [0.2, 0.25) is 0 Å². The van der Waals surface area contributed by atoms with Crippen molar-refractivity contribution in [1.29, 1.82) is 0 Å². The van der Waals surface area contributed by atoms with E-state index in [0.29, 0.717) is 11.8 Å². The summed E-state index contributed by atoms with van der Waals surface area (Å²) in [5.74, 6) is 2.03. The van der Waals surface area contributed by atoms with Crippen molar-refractivity contribution in [2.24, 2.45) is 17.8 Å². The molecule has 1 unspecified atom stereocenters. The molecule has 0 N–H and O–H groups in total. The highest BCUT2D eigenvalue weighted by atomic mass is 14.1. The lowest BCUT2D eigenvalue weighted by atomic mass is 9.93. The fourth-order valence-corrected chi connectivity index (χ4v) is 2.00. The highest BCUT2D eigenvalue weighted by molar-refractivity contribution is 5.20. The van der Waals surface area contributed by atoms with Crippen LogP contribution in [0.3, 0.4) is 0 Å². The van der Waals surface area contributed by atoms with Crippen molar-refractivity contribution in [3.63, 3.8) is 0 Å². The second-order valence-electron chi connectivity index (χ2n) is 5.88. The summed E-state index contributed by atoms with van der Waals surface area (Å²) in [7, 11) is 0. The Bertz CT molecular complexity index is 285. The SMILES string of the molecule is CCCC(CC)CC=C(C=C=CC(C)C)C(C)C. The van der Waals surface area contributed by atoms with Gasteiger partial charge >= 0.3 is 0 Å². The third kappa shape index (κ3) is 8.37. The Kier molecular flexibility index (Phi) is 9.79. The van der Waals surface area contributed by atoms with E-state index >= 15 is 0 Å². The summed E-state index contributed by atoms with van der Waals surface area (Å²) in [5.41, 5.74) is 4.75. The number of hydrogen-bond acceptors (Lipinski definition) is 0. The highest BCUT2D eigenvalue weighted by Gasteiger charge is 2.05. The van der Waals surface area contributed by atoms with Crippen LogP contribution in [0.1, 0.15) is 67.2 Å². The summed E-state index contributed by atoms with van der Waals surface area (Å²) in [6.07, 6.45) is 11.9. The minimum absolute atomic E-state index is 0.582. The average Bonchev–Trinajstić information content (AvgIpc) is 2.30. The number of hydrogen-bond donors (Lipinski definition) is 0. The summed E-state index contributed by atoms with van der Waals surface area (Å²) in [5, 5.41) is 0. The molecule has 0 saturated heterocycles. The topological polar surface area (TPSA) is 0 Å². The van der Waals surface area contributed by atoms with Crippen LogP contribution in [0.5, 0.6) is 0 Å². The van der Waals surface area contributed by atoms with Crippen LogP contribution < -0.4 is 0 Å². The van der Waals surface area contributed by atoms with E-state index in [0.717, 1.165) is 5.92 Å². The lowest BCUT2D eigenvalue weighted by Gasteiger charge is -2.12. The molecular formula is C18H32. The van der Waals surface area contributed by atoms with Gasteiger partial charge in [-0.15, -0.1) is 5.73 Å². The van der Waals surface area contributed by atoms with Gasteiger partial charge in [0, 0.05) is 0 Å². The molecule has 0 saturated carbocycles. The molecule has 1 atom stereocenters. The fourth-order valence-electron chi connectivity index (χ4n) is 2.00. The summed E-state index contributed by atoms with van der Waals surface area (Å²) < 4.78 is 0. The van der Waals surface area contributed by atoms with Gasteiger partial charge in [0.15, 0.2) is 0 Å². The molecule has 18 heavy (non-hydrogen) atoms. The second kappa shape index (κ2) is 10.2. The van der Waals surface area contributed by atoms with E-state index in [1.165, 1.54) is 31.3 Å². The van der Waals surface area contributed by atoms with Gasteiger partial charge in [0.2, 0.25) is 0 Å². The van der Waals surface area contributed by atoms with Crippen molar-refractivity contribution in [3.05, 3.63) is 29.5 Å². The van der Waals surface area contributed by atoms with Gasteiger partial charge in [-0.2, -0.15) is 0 Å². The minimum atomic E-state index is 0.582. The quantitative estimate of drug-likeness (QED) is 0.357. The van der Waals surface area contributed by atoms with E-state index in [9.17, 15) is 0 Å². The standard InChI is InChI=1S/C18H32/c1-7-10-17(8-2)13-14-18(16(5)6)12-9-11-15(3)4/h11-12,14-17H,7-8,10,13H2,1-6H3. The molecule has 0 rings (SSSR count). The van der Waals surface area contributed by atoms with Crippen LogP contribution in [-0.4, -0.2) is 0 Å². The van der Waals surface area contributed by atoms with E-state index in [2.05, 4.69) is 65.5 Å². The average molecular weight is 248 g/mol. The largest absolute Gasteiger partial charge is 0.125 e. The molecular weight excluding hydrogens is 216 g/mol. The van der Waals surface area contributed by atoms with Gasteiger partial charge in [0.25, 0.3) is 0 Å². The van der Waals surface area contributed by atoms with E-state index in [1.54, 1.807) is 0 Å². The lowest BCUT2D eigenvalue weighted by Crippen LogP contribution is -1.98. The summed E-state index contributed by atoms with van der Waals surface area (Å²) in [4.78, 5) is 0. The Balaban J connectivity index is 4.63. The Morgan fingerprint density at radius 2 is 1.78 bits per heavy atom. The van der Waals surface area contributed by atoms with E-state index in [-0.39, 0.29) is 0 Å². The third-order valence-corrected chi connectivity index (χ3v) is 3.31. The van der Waals surface area contributed by atoms with Gasteiger partial charge in [-0.05, 0) is 41.9 Å². The molecule has 0 fully saturated rings. The first-order chi connectivity index (χ1) is 8.51. The zero-order valence-corrected chi connectivity index (χ0v) is 13.3. The van der Waals surface area contributed by atoms with Crippen LogP contribution in [0.15, 0.2) is 29.5 Å². The maximum absolute atomic E-state index is 3.32. The normalized spacial score (nSPS) is 13.7. The first kappa shape index (κ1) is 17.3. The van der Waals surface area contributed by atoms with E-state index in [4.69, 9.17) is 0 Å². The molecule has 104 valence electrons. The molecule has 0 amide bonds. The zero-order chi connectivity index (χ0) is 14.0. The van der Waals surface area contributed by atoms with Crippen LogP contribution >= 0.6 is 0 Å². The monoisotopic (exact) mass is 248 g/mol. The predicted octanol–water partition coefficient (Wildman–Crippen LogP) is 6.15. The summed E-state index contributed by atoms with van der Waals surface area (Å²) in [6.45, 7) is 13.5. The molecule has 0 heteroatoms. The molecule has 0 aromatic heterocycles. The Labute approximate surface area is 115 Å². The third-order valence-electron chi connectivity index (χ3n) is 3.31. The number of allylic oxidation sites excluding steroid dienone is 3. The van der Waals surface area contributed by atoms with Gasteiger partial charge < -0.3 is 0 Å². The van der Waals surface area contributed by atoms with E-state index < -0.39 is 0 Å². The highest BCUT2D eigenvalue weighted by Crippen LogP contribution is 2.19. The molecule has 0 aromatic carbocycles. The molecule has 0 heterocycles. The molecule has 0 radical (unpaired) electrons. The zero-order valence-electron chi connectivity index (χ0n) is 13.3. The maximum Gasteiger partial charge on any atom is -0.0172 e. The van der Waals surface area contributed by atoms with Gasteiger partial charge in [-0.3, -0.25) is 0 Å². The first-order valence-corrected chi connectivity index (χ1v) is 7.63. The van der Waals surface area contributed by atoms with Gasteiger partial charge in [0.05, 0.1) is 0 Å². The first-order valence-electron chi connectivity index (χ1n) is 7.63. The summed E-state index contributed by atoms with van der Waals surface area (Å²) >= 11 is 0. The van der Waals surface area contributed by atoms with Crippen molar-refractivity contribution in [1.82, 2.24) is 0 Å². The van der Waals surface area contributed by atoms with Crippen molar-refractivity contribution >= 4 is 0 Å². The smallest absolute Gasteiger partial charge is 0.0172 e. The molecule has 0 aliphatic rings. The van der Waals surface area contributed by atoms with Gasteiger partial charge in [0.1, 0.15) is 0 Å². The Morgan fingerprint density at radius 1 is 1.11 bits per heavy atom. The molecule has 0 aliphatic heterocycles. The van der Waals surface area contributed by atoms with Gasteiger partial charge in [-0.25, -0.2) is 0 Å².